The van der Waals surface area contributed by atoms with Crippen molar-refractivity contribution >= 4 is 11.6 Å². The largest absolute Gasteiger partial charge is 0.494 e. The minimum absolute atomic E-state index is 0.000480. The van der Waals surface area contributed by atoms with E-state index < -0.39 is 0 Å². The summed E-state index contributed by atoms with van der Waals surface area (Å²) in [6.07, 6.45) is 8.39. The second-order valence-electron chi connectivity index (χ2n) is 7.02. The Morgan fingerprint density at radius 2 is 1.64 bits per heavy atom. The zero-order valence-electron chi connectivity index (χ0n) is 16.5. The first kappa shape index (κ1) is 20.2. The van der Waals surface area contributed by atoms with E-state index in [1.54, 1.807) is 12.1 Å². The van der Waals surface area contributed by atoms with Crippen LogP contribution in [0.5, 0.6) is 5.75 Å². The van der Waals surface area contributed by atoms with Gasteiger partial charge in [0.15, 0.2) is 5.43 Å². The third-order valence-corrected chi connectivity index (χ3v) is 4.97. The number of ether oxygens (including phenoxy) is 1. The summed E-state index contributed by atoms with van der Waals surface area (Å²) in [4.78, 5) is 13.2. The minimum Gasteiger partial charge on any atom is -0.494 e. The van der Waals surface area contributed by atoms with Crippen LogP contribution in [0.25, 0.3) is 22.3 Å². The molecule has 0 fully saturated rings. The van der Waals surface area contributed by atoms with Crippen molar-refractivity contribution in [2.75, 3.05) is 6.61 Å². The van der Waals surface area contributed by atoms with Gasteiger partial charge in [0.25, 0.3) is 0 Å². The van der Waals surface area contributed by atoms with Crippen LogP contribution in [0, 0.1) is 0 Å². The molecule has 3 nitrogen and oxygen atoms in total. The van der Waals surface area contributed by atoms with E-state index in [0.29, 0.717) is 22.8 Å². The van der Waals surface area contributed by atoms with Crippen molar-refractivity contribution in [1.29, 1.82) is 0 Å². The third-order valence-electron chi connectivity index (χ3n) is 4.72. The summed E-state index contributed by atoms with van der Waals surface area (Å²) in [5.74, 6) is 0.799. The number of aromatic nitrogens is 1. The molecule has 28 heavy (non-hydrogen) atoms. The van der Waals surface area contributed by atoms with Gasteiger partial charge in [-0.05, 0) is 41.8 Å². The average Bonchev–Trinajstić information content (AvgIpc) is 2.70. The molecule has 3 rings (SSSR count). The Labute approximate surface area is 171 Å². The molecule has 0 unspecified atom stereocenters. The maximum absolute atomic E-state index is 13.2. The van der Waals surface area contributed by atoms with Crippen LogP contribution in [0.15, 0.2) is 65.7 Å². The maximum Gasteiger partial charge on any atom is 0.197 e. The average molecular weight is 396 g/mol. The van der Waals surface area contributed by atoms with E-state index in [1.807, 2.05) is 60.4 Å². The lowest BCUT2D eigenvalue weighted by Gasteiger charge is -2.11. The zero-order chi connectivity index (χ0) is 19.9. The van der Waals surface area contributed by atoms with Gasteiger partial charge in [0.05, 0.1) is 6.61 Å². The fourth-order valence-electron chi connectivity index (χ4n) is 3.22. The molecule has 0 radical (unpaired) electrons. The summed E-state index contributed by atoms with van der Waals surface area (Å²) >= 11 is 5.99. The van der Waals surface area contributed by atoms with Gasteiger partial charge < -0.3 is 9.30 Å². The normalized spacial score (nSPS) is 10.8. The van der Waals surface area contributed by atoms with E-state index >= 15 is 0 Å². The van der Waals surface area contributed by atoms with Crippen molar-refractivity contribution in [3.05, 3.63) is 76.2 Å². The number of rotatable bonds is 8. The van der Waals surface area contributed by atoms with Crippen molar-refractivity contribution in [2.45, 2.75) is 32.6 Å². The van der Waals surface area contributed by atoms with E-state index in [1.165, 1.54) is 19.3 Å². The molecule has 0 bridgehead atoms. The first-order valence-electron chi connectivity index (χ1n) is 9.78. The Morgan fingerprint density at radius 1 is 0.929 bits per heavy atom. The van der Waals surface area contributed by atoms with E-state index in [-0.39, 0.29) is 5.43 Å². The maximum atomic E-state index is 13.2. The highest BCUT2D eigenvalue weighted by Crippen LogP contribution is 2.25. The number of hydrogen-bond acceptors (Lipinski definition) is 2. The Bertz CT molecular complexity index is 977. The smallest absolute Gasteiger partial charge is 0.197 e. The van der Waals surface area contributed by atoms with Crippen molar-refractivity contribution in [2.24, 2.45) is 7.05 Å². The first-order valence-corrected chi connectivity index (χ1v) is 10.2. The number of aryl methyl sites for hydroxylation is 1. The van der Waals surface area contributed by atoms with E-state index in [2.05, 4.69) is 6.92 Å². The van der Waals surface area contributed by atoms with Gasteiger partial charge in [-0.2, -0.15) is 0 Å². The number of hydrogen-bond donors (Lipinski definition) is 0. The van der Waals surface area contributed by atoms with Crippen LogP contribution in [0.1, 0.15) is 32.6 Å². The highest BCUT2D eigenvalue weighted by atomic mass is 35.5. The molecule has 4 heteroatoms. The van der Waals surface area contributed by atoms with Crippen molar-refractivity contribution in [1.82, 2.24) is 4.57 Å². The number of nitrogens with zero attached hydrogens (tertiary/aromatic N) is 1. The fourth-order valence-corrected chi connectivity index (χ4v) is 3.35. The first-order chi connectivity index (χ1) is 13.6. The molecule has 1 aromatic heterocycles. The van der Waals surface area contributed by atoms with Crippen LogP contribution in [-0.2, 0) is 7.05 Å². The van der Waals surface area contributed by atoms with Gasteiger partial charge in [0.1, 0.15) is 5.75 Å². The Balaban J connectivity index is 1.88. The minimum atomic E-state index is 0.000480. The van der Waals surface area contributed by atoms with Crippen molar-refractivity contribution in [3.63, 3.8) is 0 Å². The second-order valence-corrected chi connectivity index (χ2v) is 7.46. The number of unbranched alkanes of at least 4 members (excludes halogenated alkanes) is 3. The Kier molecular flexibility index (Phi) is 6.94. The molecule has 3 aromatic rings. The molecule has 2 aromatic carbocycles. The molecule has 0 atom stereocenters. The molecule has 0 aliphatic rings. The summed E-state index contributed by atoms with van der Waals surface area (Å²) in [6.45, 7) is 2.90. The van der Waals surface area contributed by atoms with Gasteiger partial charge in [0.2, 0.25) is 0 Å². The summed E-state index contributed by atoms with van der Waals surface area (Å²) in [6, 6.07) is 15.1. The summed E-state index contributed by atoms with van der Waals surface area (Å²) in [5.41, 5.74) is 3.03. The lowest BCUT2D eigenvalue weighted by molar-refractivity contribution is 0.305. The summed E-state index contributed by atoms with van der Waals surface area (Å²) < 4.78 is 7.81. The summed E-state index contributed by atoms with van der Waals surface area (Å²) in [7, 11) is 1.93. The van der Waals surface area contributed by atoms with Gasteiger partial charge >= 0.3 is 0 Å². The second kappa shape index (κ2) is 9.61. The molecule has 1 heterocycles. The Hall–Kier alpha value is -2.52. The van der Waals surface area contributed by atoms with Crippen LogP contribution >= 0.6 is 11.6 Å². The lowest BCUT2D eigenvalue weighted by Crippen LogP contribution is -2.11. The molecular weight excluding hydrogens is 370 g/mol. The lowest BCUT2D eigenvalue weighted by atomic mass is 10.0. The van der Waals surface area contributed by atoms with E-state index in [0.717, 1.165) is 23.3 Å². The Morgan fingerprint density at radius 3 is 2.36 bits per heavy atom. The molecule has 0 amide bonds. The van der Waals surface area contributed by atoms with Crippen LogP contribution in [-0.4, -0.2) is 11.2 Å². The highest BCUT2D eigenvalue weighted by Gasteiger charge is 2.11. The van der Waals surface area contributed by atoms with E-state index in [4.69, 9.17) is 16.3 Å². The molecule has 0 spiro atoms. The number of benzene rings is 2. The van der Waals surface area contributed by atoms with Gasteiger partial charge in [-0.15, -0.1) is 0 Å². The van der Waals surface area contributed by atoms with Crippen LogP contribution in [0.3, 0.4) is 0 Å². The summed E-state index contributed by atoms with van der Waals surface area (Å²) in [5, 5.41) is 0.653. The van der Waals surface area contributed by atoms with Crippen LogP contribution < -0.4 is 10.2 Å². The predicted molar refractivity (Wildman–Crippen MR) is 117 cm³/mol. The topological polar surface area (TPSA) is 31.2 Å². The van der Waals surface area contributed by atoms with Gasteiger partial charge in [0, 0.05) is 35.6 Å². The van der Waals surface area contributed by atoms with Crippen LogP contribution in [0.4, 0.5) is 0 Å². The molecule has 0 aliphatic carbocycles. The van der Waals surface area contributed by atoms with Gasteiger partial charge in [-0.25, -0.2) is 0 Å². The molecule has 146 valence electrons. The SMILES string of the molecule is CCCCCCOc1cccc(-c2cn(C)cc(-c3ccc(Cl)cc3)c2=O)c1. The molecule has 0 N–H and O–H groups in total. The molecular formula is C24H26ClNO2. The van der Waals surface area contributed by atoms with Crippen molar-refractivity contribution < 1.29 is 4.74 Å². The predicted octanol–water partition coefficient (Wildman–Crippen LogP) is 6.33. The molecule has 0 saturated heterocycles. The molecule has 0 saturated carbocycles. The zero-order valence-corrected chi connectivity index (χ0v) is 17.2. The quantitative estimate of drug-likeness (QED) is 0.417. The van der Waals surface area contributed by atoms with Gasteiger partial charge in [-0.1, -0.05) is 62.1 Å². The monoisotopic (exact) mass is 395 g/mol. The standard InChI is InChI=1S/C24H26ClNO2/c1-3-4-5-6-14-28-21-9-7-8-19(15-21)23-17-26(2)16-22(24(23)27)18-10-12-20(25)13-11-18/h7-13,15-17H,3-6,14H2,1-2H3. The van der Waals surface area contributed by atoms with Gasteiger partial charge in [-0.3, -0.25) is 4.79 Å². The van der Waals surface area contributed by atoms with E-state index in [9.17, 15) is 4.79 Å². The van der Waals surface area contributed by atoms with Crippen molar-refractivity contribution in [3.8, 4) is 28.0 Å². The fraction of sp³-hybridized carbons (Fsp3) is 0.292. The highest BCUT2D eigenvalue weighted by molar-refractivity contribution is 6.30. The molecule has 0 aliphatic heterocycles. The van der Waals surface area contributed by atoms with Crippen LogP contribution in [0.2, 0.25) is 5.02 Å². The number of pyridine rings is 1. The number of halogens is 1. The third kappa shape index (κ3) is 5.05.